The van der Waals surface area contributed by atoms with Gasteiger partial charge >= 0.3 is 5.97 Å². The first-order valence-electron chi connectivity index (χ1n) is 8.00. The minimum absolute atomic E-state index is 0.00623. The second-order valence-corrected chi connectivity index (χ2v) is 5.90. The molecule has 0 saturated heterocycles. The predicted molar refractivity (Wildman–Crippen MR) is 90.6 cm³/mol. The third kappa shape index (κ3) is 3.63. The zero-order valence-corrected chi connectivity index (χ0v) is 13.3. The number of hydrogen-bond donors (Lipinski definition) is 2. The number of nitrogens with one attached hydrogen (secondary N) is 1. The highest BCUT2D eigenvalue weighted by molar-refractivity contribution is 5.82. The van der Waals surface area contributed by atoms with Crippen molar-refractivity contribution in [2.75, 3.05) is 19.6 Å². The molecule has 0 fully saturated rings. The molecule has 1 unspecified atom stereocenters. The van der Waals surface area contributed by atoms with Gasteiger partial charge in [-0.25, -0.2) is 0 Å². The molecule has 124 valence electrons. The van der Waals surface area contributed by atoms with E-state index in [1.54, 1.807) is 0 Å². The van der Waals surface area contributed by atoms with Crippen LogP contribution < -0.4 is 5.32 Å². The van der Waals surface area contributed by atoms with Crippen molar-refractivity contribution in [2.45, 2.75) is 12.5 Å². The van der Waals surface area contributed by atoms with Crippen LogP contribution in [0.3, 0.4) is 0 Å². The van der Waals surface area contributed by atoms with Crippen molar-refractivity contribution in [3.05, 3.63) is 71.3 Å². The van der Waals surface area contributed by atoms with Crippen LogP contribution in [0.1, 0.15) is 22.7 Å². The standard InChI is InChI=1S/C19H20N2O3/c22-17(20-12-18(23)24)13-21-11-10-14-6-4-5-9-16(14)19(21)15-7-2-1-3-8-15/h1-9,19H,10-13H2,(H,20,22)(H,23,24). The Hall–Kier alpha value is -2.66. The fourth-order valence-electron chi connectivity index (χ4n) is 3.23. The summed E-state index contributed by atoms with van der Waals surface area (Å²) in [5.74, 6) is -1.30. The van der Waals surface area contributed by atoms with E-state index in [1.165, 1.54) is 11.1 Å². The second kappa shape index (κ2) is 7.27. The second-order valence-electron chi connectivity index (χ2n) is 5.90. The van der Waals surface area contributed by atoms with E-state index in [9.17, 15) is 9.59 Å². The number of nitrogens with zero attached hydrogens (tertiary/aromatic N) is 1. The van der Waals surface area contributed by atoms with Gasteiger partial charge in [0, 0.05) is 6.54 Å². The number of rotatable bonds is 5. The number of carboxylic acid groups (broad SMARTS) is 1. The van der Waals surface area contributed by atoms with Crippen LogP contribution >= 0.6 is 0 Å². The van der Waals surface area contributed by atoms with Crippen molar-refractivity contribution >= 4 is 11.9 Å². The summed E-state index contributed by atoms with van der Waals surface area (Å²) < 4.78 is 0. The largest absolute Gasteiger partial charge is 0.480 e. The zero-order chi connectivity index (χ0) is 16.9. The average molecular weight is 324 g/mol. The molecule has 0 saturated carbocycles. The maximum absolute atomic E-state index is 12.1. The van der Waals surface area contributed by atoms with Gasteiger partial charge in [0.1, 0.15) is 6.54 Å². The van der Waals surface area contributed by atoms with Crippen molar-refractivity contribution in [1.29, 1.82) is 0 Å². The number of carbonyl (C=O) groups is 2. The number of benzene rings is 2. The highest BCUT2D eigenvalue weighted by Gasteiger charge is 2.29. The summed E-state index contributed by atoms with van der Waals surface area (Å²) in [4.78, 5) is 24.8. The van der Waals surface area contributed by atoms with E-state index in [4.69, 9.17) is 5.11 Å². The fourth-order valence-corrected chi connectivity index (χ4v) is 3.23. The molecule has 0 aliphatic carbocycles. The summed E-state index contributed by atoms with van der Waals surface area (Å²) in [5, 5.41) is 11.1. The van der Waals surface area contributed by atoms with Crippen LogP contribution in [0, 0.1) is 0 Å². The average Bonchev–Trinajstić information content (AvgIpc) is 2.60. The number of carbonyl (C=O) groups excluding carboxylic acids is 1. The molecule has 2 aromatic rings. The summed E-state index contributed by atoms with van der Waals surface area (Å²) in [6.45, 7) is 0.595. The molecule has 1 atom stereocenters. The SMILES string of the molecule is O=C(O)CNC(=O)CN1CCc2ccccc2C1c1ccccc1. The molecule has 1 amide bonds. The van der Waals surface area contributed by atoms with Crippen LogP contribution in [0.15, 0.2) is 54.6 Å². The molecule has 3 rings (SSSR count). The molecule has 0 aromatic heterocycles. The van der Waals surface area contributed by atoms with Crippen LogP contribution in [0.5, 0.6) is 0 Å². The van der Waals surface area contributed by atoms with Gasteiger partial charge in [0.2, 0.25) is 5.91 Å². The molecule has 5 heteroatoms. The monoisotopic (exact) mass is 324 g/mol. The molecule has 5 nitrogen and oxygen atoms in total. The minimum Gasteiger partial charge on any atom is -0.480 e. The number of carboxylic acids is 1. The normalized spacial score (nSPS) is 17.1. The Labute approximate surface area is 140 Å². The predicted octanol–water partition coefficient (Wildman–Crippen LogP) is 1.83. The summed E-state index contributed by atoms with van der Waals surface area (Å²) in [6.07, 6.45) is 0.881. The van der Waals surface area contributed by atoms with Gasteiger partial charge in [0.25, 0.3) is 0 Å². The van der Waals surface area contributed by atoms with E-state index in [0.29, 0.717) is 0 Å². The van der Waals surface area contributed by atoms with Crippen LogP contribution in [-0.4, -0.2) is 41.5 Å². The topological polar surface area (TPSA) is 69.6 Å². The van der Waals surface area contributed by atoms with Gasteiger partial charge < -0.3 is 10.4 Å². The third-order valence-corrected chi connectivity index (χ3v) is 4.28. The molecule has 2 N–H and O–H groups in total. The van der Waals surface area contributed by atoms with E-state index >= 15 is 0 Å². The maximum atomic E-state index is 12.1. The number of aliphatic carboxylic acids is 1. The molecule has 1 aliphatic heterocycles. The van der Waals surface area contributed by atoms with Gasteiger partial charge in [-0.1, -0.05) is 54.6 Å². The number of amides is 1. The van der Waals surface area contributed by atoms with Crippen molar-refractivity contribution in [1.82, 2.24) is 10.2 Å². The van der Waals surface area contributed by atoms with Crippen molar-refractivity contribution in [3.8, 4) is 0 Å². The van der Waals surface area contributed by atoms with Crippen molar-refractivity contribution in [2.24, 2.45) is 0 Å². The van der Waals surface area contributed by atoms with E-state index in [2.05, 4.69) is 34.5 Å². The summed E-state index contributed by atoms with van der Waals surface area (Å²) >= 11 is 0. The van der Waals surface area contributed by atoms with Crippen molar-refractivity contribution < 1.29 is 14.7 Å². The van der Waals surface area contributed by atoms with E-state index in [1.807, 2.05) is 30.3 Å². The molecular weight excluding hydrogens is 304 g/mol. The van der Waals surface area contributed by atoms with Gasteiger partial charge in [-0.15, -0.1) is 0 Å². The summed E-state index contributed by atoms with van der Waals surface area (Å²) in [7, 11) is 0. The van der Waals surface area contributed by atoms with Crippen LogP contribution in [-0.2, 0) is 16.0 Å². The lowest BCUT2D eigenvalue weighted by Crippen LogP contribution is -2.44. The molecule has 0 spiro atoms. The molecule has 1 heterocycles. The lowest BCUT2D eigenvalue weighted by molar-refractivity contribution is -0.138. The van der Waals surface area contributed by atoms with Crippen LogP contribution in [0.4, 0.5) is 0 Å². The fraction of sp³-hybridized carbons (Fsp3) is 0.263. The van der Waals surface area contributed by atoms with Gasteiger partial charge in [-0.2, -0.15) is 0 Å². The lowest BCUT2D eigenvalue weighted by atomic mass is 9.88. The highest BCUT2D eigenvalue weighted by atomic mass is 16.4. The van der Waals surface area contributed by atoms with Gasteiger partial charge in [-0.05, 0) is 23.1 Å². The number of fused-ring (bicyclic) bond motifs is 1. The Morgan fingerprint density at radius 3 is 2.54 bits per heavy atom. The summed E-state index contributed by atoms with van der Waals surface area (Å²) in [5.41, 5.74) is 3.64. The quantitative estimate of drug-likeness (QED) is 0.880. The Kier molecular flexibility index (Phi) is 4.91. The molecule has 0 bridgehead atoms. The van der Waals surface area contributed by atoms with Crippen LogP contribution in [0.25, 0.3) is 0 Å². The van der Waals surface area contributed by atoms with E-state index < -0.39 is 5.97 Å². The molecule has 0 radical (unpaired) electrons. The highest BCUT2D eigenvalue weighted by Crippen LogP contribution is 2.34. The lowest BCUT2D eigenvalue weighted by Gasteiger charge is -2.37. The Bertz CT molecular complexity index is 730. The van der Waals surface area contributed by atoms with E-state index in [-0.39, 0.29) is 25.0 Å². The van der Waals surface area contributed by atoms with Crippen molar-refractivity contribution in [3.63, 3.8) is 0 Å². The molecular formula is C19H20N2O3. The van der Waals surface area contributed by atoms with E-state index in [0.717, 1.165) is 18.5 Å². The number of hydrogen-bond acceptors (Lipinski definition) is 3. The zero-order valence-electron chi connectivity index (χ0n) is 13.3. The minimum atomic E-state index is -1.04. The third-order valence-electron chi connectivity index (χ3n) is 4.28. The van der Waals surface area contributed by atoms with Crippen LogP contribution in [0.2, 0.25) is 0 Å². The first-order chi connectivity index (χ1) is 11.6. The first-order valence-corrected chi connectivity index (χ1v) is 8.00. The Morgan fingerprint density at radius 1 is 1.08 bits per heavy atom. The Morgan fingerprint density at radius 2 is 1.79 bits per heavy atom. The summed E-state index contributed by atoms with van der Waals surface area (Å²) in [6, 6.07) is 18.4. The first kappa shape index (κ1) is 16.2. The van der Waals surface area contributed by atoms with Gasteiger partial charge in [0.15, 0.2) is 0 Å². The smallest absolute Gasteiger partial charge is 0.322 e. The maximum Gasteiger partial charge on any atom is 0.322 e. The van der Waals surface area contributed by atoms with Gasteiger partial charge in [0.05, 0.1) is 12.6 Å². The molecule has 1 aliphatic rings. The molecule has 24 heavy (non-hydrogen) atoms. The van der Waals surface area contributed by atoms with Gasteiger partial charge in [-0.3, -0.25) is 14.5 Å². The molecule has 2 aromatic carbocycles. The Balaban J connectivity index is 1.85.